The molecule has 0 saturated carbocycles. The van der Waals surface area contributed by atoms with E-state index in [0.717, 1.165) is 17.4 Å². The van der Waals surface area contributed by atoms with Crippen molar-refractivity contribution in [1.29, 1.82) is 0 Å². The molecule has 6 heteroatoms. The van der Waals surface area contributed by atoms with Gasteiger partial charge in [0.1, 0.15) is 12.4 Å². The van der Waals surface area contributed by atoms with Crippen molar-refractivity contribution in [3.8, 4) is 17.2 Å². The predicted octanol–water partition coefficient (Wildman–Crippen LogP) is 2.89. The normalized spacial score (nSPS) is 10.1. The van der Waals surface area contributed by atoms with Crippen molar-refractivity contribution in [2.45, 2.75) is 6.61 Å². The number of ether oxygens (including phenoxy) is 2. The molecule has 0 fully saturated rings. The third kappa shape index (κ3) is 3.17. The van der Waals surface area contributed by atoms with Gasteiger partial charge in [0.25, 0.3) is 5.69 Å². The van der Waals surface area contributed by atoms with Gasteiger partial charge < -0.3 is 14.6 Å². The van der Waals surface area contributed by atoms with Crippen molar-refractivity contribution in [2.24, 2.45) is 0 Å². The van der Waals surface area contributed by atoms with Gasteiger partial charge in [0.05, 0.1) is 18.1 Å². The quantitative estimate of drug-likeness (QED) is 0.670. The molecule has 20 heavy (non-hydrogen) atoms. The molecule has 0 spiro atoms. The number of methoxy groups -OCH3 is 1. The fraction of sp³-hybridized carbons (Fsp3) is 0.143. The minimum atomic E-state index is -0.576. The molecule has 0 aliphatic heterocycles. The maximum absolute atomic E-state index is 10.5. The molecule has 0 aromatic heterocycles. The summed E-state index contributed by atoms with van der Waals surface area (Å²) in [6, 6.07) is 11.0. The number of hydrogen-bond acceptors (Lipinski definition) is 5. The second kappa shape index (κ2) is 5.92. The molecule has 2 rings (SSSR count). The number of benzene rings is 2. The smallest absolute Gasteiger partial charge is 0.273 e. The highest BCUT2D eigenvalue weighted by Crippen LogP contribution is 2.30. The molecule has 1 N–H and O–H groups in total. The van der Waals surface area contributed by atoms with E-state index in [-0.39, 0.29) is 23.8 Å². The molecule has 0 amide bonds. The second-order valence-electron chi connectivity index (χ2n) is 4.05. The molecular formula is C14H13NO5. The van der Waals surface area contributed by atoms with Gasteiger partial charge in [0.2, 0.25) is 0 Å². The SMILES string of the molecule is COc1ccc(COc2ccc([N+](=O)[O-])cc2O)cc1. The number of hydrogen-bond donors (Lipinski definition) is 1. The van der Waals surface area contributed by atoms with Crippen LogP contribution >= 0.6 is 0 Å². The maximum atomic E-state index is 10.5. The Kier molecular flexibility index (Phi) is 4.05. The molecule has 0 atom stereocenters. The molecule has 0 aliphatic rings. The Balaban J connectivity index is 2.04. The van der Waals surface area contributed by atoms with Crippen LogP contribution < -0.4 is 9.47 Å². The Morgan fingerprint density at radius 1 is 1.20 bits per heavy atom. The van der Waals surface area contributed by atoms with Crippen LogP contribution in [-0.2, 0) is 6.61 Å². The zero-order chi connectivity index (χ0) is 14.5. The van der Waals surface area contributed by atoms with Crippen LogP contribution in [0.1, 0.15) is 5.56 Å². The van der Waals surface area contributed by atoms with E-state index < -0.39 is 4.92 Å². The van der Waals surface area contributed by atoms with Gasteiger partial charge in [0, 0.05) is 6.07 Å². The molecule has 0 saturated heterocycles. The predicted molar refractivity (Wildman–Crippen MR) is 72.1 cm³/mol. The van der Waals surface area contributed by atoms with Crippen LogP contribution in [0.15, 0.2) is 42.5 Å². The molecular weight excluding hydrogens is 262 g/mol. The number of rotatable bonds is 5. The van der Waals surface area contributed by atoms with E-state index in [0.29, 0.717) is 0 Å². The van der Waals surface area contributed by atoms with Crippen molar-refractivity contribution in [1.82, 2.24) is 0 Å². The first-order valence-electron chi connectivity index (χ1n) is 5.83. The molecule has 2 aromatic rings. The van der Waals surface area contributed by atoms with Crippen molar-refractivity contribution in [2.75, 3.05) is 7.11 Å². The summed E-state index contributed by atoms with van der Waals surface area (Å²) in [6.07, 6.45) is 0. The topological polar surface area (TPSA) is 81.8 Å². The van der Waals surface area contributed by atoms with E-state index in [9.17, 15) is 15.2 Å². The lowest BCUT2D eigenvalue weighted by Crippen LogP contribution is -1.96. The van der Waals surface area contributed by atoms with Crippen molar-refractivity contribution < 1.29 is 19.5 Å². The Bertz CT molecular complexity index is 609. The van der Waals surface area contributed by atoms with Crippen molar-refractivity contribution in [3.63, 3.8) is 0 Å². The minimum Gasteiger partial charge on any atom is -0.504 e. The van der Waals surface area contributed by atoms with Gasteiger partial charge in [-0.3, -0.25) is 10.1 Å². The van der Waals surface area contributed by atoms with Crippen LogP contribution in [0.3, 0.4) is 0 Å². The number of phenolic OH excluding ortho intramolecular Hbond substituents is 1. The highest BCUT2D eigenvalue weighted by Gasteiger charge is 2.10. The lowest BCUT2D eigenvalue weighted by Gasteiger charge is -2.08. The van der Waals surface area contributed by atoms with Gasteiger partial charge in [-0.2, -0.15) is 0 Å². The number of non-ortho nitro benzene ring substituents is 1. The lowest BCUT2D eigenvalue weighted by atomic mass is 10.2. The number of nitrogens with zero attached hydrogens (tertiary/aromatic N) is 1. The Morgan fingerprint density at radius 2 is 1.90 bits per heavy atom. The summed E-state index contributed by atoms with van der Waals surface area (Å²) in [6.45, 7) is 0.245. The van der Waals surface area contributed by atoms with Crippen LogP contribution in [0.25, 0.3) is 0 Å². The maximum Gasteiger partial charge on any atom is 0.273 e. The first kappa shape index (κ1) is 13.7. The molecule has 0 heterocycles. The summed E-state index contributed by atoms with van der Waals surface area (Å²) < 4.78 is 10.5. The van der Waals surface area contributed by atoms with Crippen LogP contribution in [0.5, 0.6) is 17.2 Å². The molecule has 0 aliphatic carbocycles. The fourth-order valence-electron chi connectivity index (χ4n) is 1.62. The third-order valence-electron chi connectivity index (χ3n) is 2.71. The summed E-state index contributed by atoms with van der Waals surface area (Å²) in [7, 11) is 1.58. The minimum absolute atomic E-state index is 0.181. The van der Waals surface area contributed by atoms with Gasteiger partial charge in [-0.25, -0.2) is 0 Å². The average molecular weight is 275 g/mol. The van der Waals surface area contributed by atoms with Crippen molar-refractivity contribution in [3.05, 3.63) is 58.1 Å². The molecule has 2 aromatic carbocycles. The van der Waals surface area contributed by atoms with E-state index in [2.05, 4.69) is 0 Å². The number of aromatic hydroxyl groups is 1. The second-order valence-corrected chi connectivity index (χ2v) is 4.05. The van der Waals surface area contributed by atoms with Crippen LogP contribution in [0.4, 0.5) is 5.69 Å². The Morgan fingerprint density at radius 3 is 2.45 bits per heavy atom. The van der Waals surface area contributed by atoms with E-state index in [1.165, 1.54) is 12.1 Å². The first-order chi connectivity index (χ1) is 9.60. The van der Waals surface area contributed by atoms with Crippen LogP contribution in [-0.4, -0.2) is 17.1 Å². The van der Waals surface area contributed by atoms with Crippen LogP contribution in [0, 0.1) is 10.1 Å². The summed E-state index contributed by atoms with van der Waals surface area (Å²) in [5.74, 6) is 0.686. The number of phenols is 1. The number of nitro benzene ring substituents is 1. The standard InChI is InChI=1S/C14H13NO5/c1-19-12-5-2-10(3-6-12)9-20-14-7-4-11(15(17)18)8-13(14)16/h2-8,16H,9H2,1H3. The van der Waals surface area contributed by atoms with Crippen LogP contribution in [0.2, 0.25) is 0 Å². The van der Waals surface area contributed by atoms with Gasteiger partial charge in [-0.15, -0.1) is 0 Å². The summed E-state index contributed by atoms with van der Waals surface area (Å²) in [4.78, 5) is 9.97. The molecule has 0 bridgehead atoms. The largest absolute Gasteiger partial charge is 0.504 e. The summed E-state index contributed by atoms with van der Waals surface area (Å²) >= 11 is 0. The average Bonchev–Trinajstić information content (AvgIpc) is 2.46. The highest BCUT2D eigenvalue weighted by atomic mass is 16.6. The molecule has 6 nitrogen and oxygen atoms in total. The molecule has 0 unspecified atom stereocenters. The fourth-order valence-corrected chi connectivity index (χ4v) is 1.62. The third-order valence-corrected chi connectivity index (χ3v) is 2.71. The van der Waals surface area contributed by atoms with E-state index in [1.54, 1.807) is 19.2 Å². The van der Waals surface area contributed by atoms with Gasteiger partial charge >= 0.3 is 0 Å². The highest BCUT2D eigenvalue weighted by molar-refractivity contribution is 5.47. The van der Waals surface area contributed by atoms with E-state index >= 15 is 0 Å². The van der Waals surface area contributed by atoms with Gasteiger partial charge in [-0.1, -0.05) is 12.1 Å². The van der Waals surface area contributed by atoms with Crippen molar-refractivity contribution >= 4 is 5.69 Å². The monoisotopic (exact) mass is 275 g/mol. The Hall–Kier alpha value is -2.76. The Labute approximate surface area is 115 Å². The van der Waals surface area contributed by atoms with E-state index in [4.69, 9.17) is 9.47 Å². The lowest BCUT2D eigenvalue weighted by molar-refractivity contribution is -0.385. The first-order valence-corrected chi connectivity index (χ1v) is 5.83. The zero-order valence-electron chi connectivity index (χ0n) is 10.8. The zero-order valence-corrected chi connectivity index (χ0v) is 10.8. The molecule has 0 radical (unpaired) electrons. The van der Waals surface area contributed by atoms with E-state index in [1.807, 2.05) is 12.1 Å². The summed E-state index contributed by atoms with van der Waals surface area (Å²) in [5, 5.41) is 20.2. The van der Waals surface area contributed by atoms with Gasteiger partial charge in [0.15, 0.2) is 11.5 Å². The number of nitro groups is 1. The molecule has 104 valence electrons. The van der Waals surface area contributed by atoms with Gasteiger partial charge in [-0.05, 0) is 23.8 Å². The summed E-state index contributed by atoms with van der Waals surface area (Å²) in [5.41, 5.74) is 0.711.